The Labute approximate surface area is 199 Å². The molecule has 3 aromatic rings. The summed E-state index contributed by atoms with van der Waals surface area (Å²) in [5, 5.41) is 3.40. The molecule has 0 atom stereocenters. The molecule has 0 spiro atoms. The third-order valence-electron chi connectivity index (χ3n) is 6.00. The molecule has 2 aliphatic rings. The van der Waals surface area contributed by atoms with Gasteiger partial charge in [-0.1, -0.05) is 30.0 Å². The number of benzene rings is 2. The van der Waals surface area contributed by atoms with Crippen LogP contribution in [0.5, 0.6) is 0 Å². The van der Waals surface area contributed by atoms with Crippen LogP contribution in [-0.4, -0.2) is 37.5 Å². The number of thioether (sulfide) groups is 1. The van der Waals surface area contributed by atoms with Gasteiger partial charge in [-0.15, -0.1) is 0 Å². The predicted octanol–water partition coefficient (Wildman–Crippen LogP) is 2.75. The maximum Gasteiger partial charge on any atom is 0.254 e. The molecule has 2 aromatic carbocycles. The lowest BCUT2D eigenvalue weighted by Gasteiger charge is -2.27. The van der Waals surface area contributed by atoms with E-state index < -0.39 is 26.6 Å². The smallest absolute Gasteiger partial charge is 0.254 e. The fourth-order valence-corrected chi connectivity index (χ4v) is 6.19. The molecular weight excluding hydrogens is 482 g/mol. The molecule has 34 heavy (non-hydrogen) atoms. The van der Waals surface area contributed by atoms with Crippen LogP contribution >= 0.6 is 11.8 Å². The number of halogens is 2. The van der Waals surface area contributed by atoms with Crippen molar-refractivity contribution in [3.63, 3.8) is 0 Å². The molecule has 1 aliphatic carbocycles. The van der Waals surface area contributed by atoms with Crippen molar-refractivity contribution in [1.82, 2.24) is 20.0 Å². The molecule has 1 aromatic heterocycles. The maximum absolute atomic E-state index is 14.8. The highest BCUT2D eigenvalue weighted by Crippen LogP contribution is 2.28. The van der Waals surface area contributed by atoms with Crippen molar-refractivity contribution >= 4 is 21.8 Å². The van der Waals surface area contributed by atoms with Crippen molar-refractivity contribution in [2.45, 2.75) is 41.1 Å². The molecular formula is C23H22F2N4O3S2. The highest BCUT2D eigenvalue weighted by molar-refractivity contribution is 7.98. The Morgan fingerprint density at radius 3 is 2.47 bits per heavy atom. The highest BCUT2D eigenvalue weighted by atomic mass is 32.2. The topological polar surface area (TPSA) is 104 Å². The van der Waals surface area contributed by atoms with Crippen molar-refractivity contribution in [2.24, 2.45) is 0 Å². The van der Waals surface area contributed by atoms with Gasteiger partial charge in [-0.05, 0) is 54.2 Å². The van der Waals surface area contributed by atoms with Crippen molar-refractivity contribution < 1.29 is 17.2 Å². The Morgan fingerprint density at radius 2 is 1.79 bits per heavy atom. The van der Waals surface area contributed by atoms with Crippen LogP contribution in [-0.2, 0) is 28.6 Å². The standard InChI is InChI=1S/C23H22F2N4O3S2/c24-18-8-13(14-6-7-21(19(25)9-14)34(31,32)29-16-10-26-11-16)4-5-15(18)12-33-23-27-20-3-1-2-17(20)22(30)28-23/h4-9,16,26,29H,1-3,10-12H2,(H,27,28,30). The first-order chi connectivity index (χ1) is 16.3. The summed E-state index contributed by atoms with van der Waals surface area (Å²) in [6, 6.07) is 8.02. The van der Waals surface area contributed by atoms with Crippen molar-refractivity contribution in [2.75, 3.05) is 13.1 Å². The van der Waals surface area contributed by atoms with E-state index in [0.29, 0.717) is 34.9 Å². The van der Waals surface area contributed by atoms with E-state index in [-0.39, 0.29) is 17.4 Å². The van der Waals surface area contributed by atoms with Gasteiger partial charge in [0, 0.05) is 30.4 Å². The lowest BCUT2D eigenvalue weighted by atomic mass is 10.0. The molecule has 1 fully saturated rings. The van der Waals surface area contributed by atoms with E-state index >= 15 is 0 Å². The summed E-state index contributed by atoms with van der Waals surface area (Å²) >= 11 is 1.24. The first-order valence-electron chi connectivity index (χ1n) is 10.9. The average molecular weight is 505 g/mol. The van der Waals surface area contributed by atoms with Gasteiger partial charge in [0.15, 0.2) is 5.16 Å². The van der Waals surface area contributed by atoms with Crippen molar-refractivity contribution in [3.8, 4) is 11.1 Å². The zero-order valence-electron chi connectivity index (χ0n) is 18.0. The molecule has 0 radical (unpaired) electrons. The minimum atomic E-state index is -3.98. The molecule has 3 N–H and O–H groups in total. The van der Waals surface area contributed by atoms with Crippen LogP contribution in [0.15, 0.2) is 51.2 Å². The number of nitrogens with one attached hydrogen (secondary N) is 3. The van der Waals surface area contributed by atoms with Gasteiger partial charge in [0.25, 0.3) is 5.56 Å². The molecule has 1 aliphatic heterocycles. The summed E-state index contributed by atoms with van der Waals surface area (Å²) in [4.78, 5) is 18.9. The summed E-state index contributed by atoms with van der Waals surface area (Å²) in [6.07, 6.45) is 2.43. The van der Waals surface area contributed by atoms with Crippen LogP contribution in [0.25, 0.3) is 11.1 Å². The van der Waals surface area contributed by atoms with Gasteiger partial charge in [0.2, 0.25) is 10.0 Å². The van der Waals surface area contributed by atoms with E-state index in [0.717, 1.165) is 36.6 Å². The summed E-state index contributed by atoms with van der Waals surface area (Å²) < 4.78 is 56.7. The van der Waals surface area contributed by atoms with Crippen LogP contribution < -0.4 is 15.6 Å². The van der Waals surface area contributed by atoms with Gasteiger partial charge in [-0.2, -0.15) is 0 Å². The zero-order chi connectivity index (χ0) is 23.9. The largest absolute Gasteiger partial charge is 0.313 e. The molecule has 0 amide bonds. The van der Waals surface area contributed by atoms with E-state index in [2.05, 4.69) is 20.0 Å². The van der Waals surface area contributed by atoms with E-state index in [9.17, 15) is 22.0 Å². The number of hydrogen-bond donors (Lipinski definition) is 3. The van der Waals surface area contributed by atoms with Gasteiger partial charge in [-0.25, -0.2) is 26.9 Å². The molecule has 1 saturated heterocycles. The normalized spacial score (nSPS) is 15.8. The monoisotopic (exact) mass is 504 g/mol. The summed E-state index contributed by atoms with van der Waals surface area (Å²) in [6.45, 7) is 1.00. The number of aryl methyl sites for hydroxylation is 1. The molecule has 11 heteroatoms. The molecule has 0 unspecified atom stereocenters. The van der Waals surface area contributed by atoms with Crippen molar-refractivity contribution in [1.29, 1.82) is 0 Å². The SMILES string of the molecule is O=c1[nH]c(SCc2ccc(-c3ccc(S(=O)(=O)NC4CNC4)c(F)c3)cc2F)nc2c1CCC2. The van der Waals surface area contributed by atoms with E-state index in [1.54, 1.807) is 12.1 Å². The third-order valence-corrected chi connectivity index (χ3v) is 8.47. The minimum Gasteiger partial charge on any atom is -0.313 e. The number of sulfonamides is 1. The van der Waals surface area contributed by atoms with Crippen LogP contribution in [0, 0.1) is 11.6 Å². The van der Waals surface area contributed by atoms with Gasteiger partial charge in [0.05, 0.1) is 5.69 Å². The second kappa shape index (κ2) is 9.21. The second-order valence-corrected chi connectivity index (χ2v) is 11.0. The van der Waals surface area contributed by atoms with Gasteiger partial charge in [-0.3, -0.25) is 4.79 Å². The lowest BCUT2D eigenvalue weighted by Crippen LogP contribution is -2.56. The number of aromatic amines is 1. The predicted molar refractivity (Wildman–Crippen MR) is 125 cm³/mol. The average Bonchev–Trinajstić information content (AvgIpc) is 3.25. The molecule has 2 heterocycles. The molecule has 0 bridgehead atoms. The van der Waals surface area contributed by atoms with Crippen LogP contribution in [0.2, 0.25) is 0 Å². The van der Waals surface area contributed by atoms with E-state index in [1.807, 2.05) is 0 Å². The number of rotatable bonds is 7. The number of nitrogens with zero attached hydrogens (tertiary/aromatic N) is 1. The quantitative estimate of drug-likeness (QED) is 0.338. The van der Waals surface area contributed by atoms with Crippen LogP contribution in [0.1, 0.15) is 23.2 Å². The Balaban J connectivity index is 1.31. The fraction of sp³-hybridized carbons (Fsp3) is 0.304. The minimum absolute atomic E-state index is 0.132. The first kappa shape index (κ1) is 23.2. The number of hydrogen-bond acceptors (Lipinski definition) is 6. The first-order valence-corrected chi connectivity index (χ1v) is 13.3. The summed E-state index contributed by atoms with van der Waals surface area (Å²) in [7, 11) is -3.98. The van der Waals surface area contributed by atoms with Gasteiger partial charge < -0.3 is 10.3 Å². The molecule has 5 rings (SSSR count). The highest BCUT2D eigenvalue weighted by Gasteiger charge is 2.27. The zero-order valence-corrected chi connectivity index (χ0v) is 19.7. The van der Waals surface area contributed by atoms with Gasteiger partial charge in [0.1, 0.15) is 16.5 Å². The number of fused-ring (bicyclic) bond motifs is 1. The summed E-state index contributed by atoms with van der Waals surface area (Å²) in [5.41, 5.74) is 2.62. The lowest BCUT2D eigenvalue weighted by molar-refractivity contribution is 0.409. The second-order valence-electron chi connectivity index (χ2n) is 8.37. The van der Waals surface area contributed by atoms with Crippen LogP contribution in [0.3, 0.4) is 0 Å². The third kappa shape index (κ3) is 4.65. The molecule has 7 nitrogen and oxygen atoms in total. The number of H-pyrrole nitrogens is 1. The number of aromatic nitrogens is 2. The summed E-state index contributed by atoms with van der Waals surface area (Å²) in [5.74, 6) is -1.12. The Morgan fingerprint density at radius 1 is 1.06 bits per heavy atom. The maximum atomic E-state index is 14.8. The molecule has 0 saturated carbocycles. The van der Waals surface area contributed by atoms with Gasteiger partial charge >= 0.3 is 0 Å². The Kier molecular flexibility index (Phi) is 6.28. The van der Waals surface area contributed by atoms with E-state index in [4.69, 9.17) is 0 Å². The Hall–Kier alpha value is -2.60. The Bertz CT molecular complexity index is 1420. The fourth-order valence-electron chi connectivity index (χ4n) is 4.03. The van der Waals surface area contributed by atoms with Crippen molar-refractivity contribution in [3.05, 3.63) is 75.2 Å². The van der Waals surface area contributed by atoms with Crippen LogP contribution in [0.4, 0.5) is 8.78 Å². The van der Waals surface area contributed by atoms with E-state index in [1.165, 1.54) is 30.0 Å². The molecule has 178 valence electrons.